The molecule has 1 amide bonds. The van der Waals surface area contributed by atoms with Crippen LogP contribution in [-0.4, -0.2) is 56.4 Å². The van der Waals surface area contributed by atoms with E-state index in [1.54, 1.807) is 57.7 Å². The topological polar surface area (TPSA) is 96.2 Å². The first kappa shape index (κ1) is 21.0. The van der Waals surface area contributed by atoms with Gasteiger partial charge >= 0.3 is 0 Å². The second-order valence-electron chi connectivity index (χ2n) is 6.34. The Hall–Kier alpha value is -3.75. The van der Waals surface area contributed by atoms with Crippen LogP contribution >= 0.6 is 0 Å². The molecular formula is C21H23N3O6. The molecule has 158 valence electrons. The molecule has 0 spiro atoms. The van der Waals surface area contributed by atoms with Crippen molar-refractivity contribution < 1.29 is 28.3 Å². The zero-order chi connectivity index (χ0) is 21.7. The molecule has 1 heterocycles. The lowest BCUT2D eigenvalue weighted by Crippen LogP contribution is -2.26. The summed E-state index contributed by atoms with van der Waals surface area (Å²) < 4.78 is 26.4. The summed E-state index contributed by atoms with van der Waals surface area (Å²) in [4.78, 5) is 18.7. The number of carbonyl (C=O) groups excluding carboxylic acids is 1. The van der Waals surface area contributed by atoms with Crippen molar-refractivity contribution in [3.05, 3.63) is 47.9 Å². The van der Waals surface area contributed by atoms with Gasteiger partial charge in [-0.3, -0.25) is 4.79 Å². The number of ether oxygens (including phenoxy) is 4. The minimum atomic E-state index is -0.242. The van der Waals surface area contributed by atoms with Crippen molar-refractivity contribution >= 4 is 5.91 Å². The third kappa shape index (κ3) is 4.45. The van der Waals surface area contributed by atoms with Gasteiger partial charge in [-0.1, -0.05) is 5.16 Å². The SMILES string of the molecule is COc1cc(OC)cc(C(=O)N(C)Cc2nc(-c3ccc(OC)cc3OC)no2)c1. The zero-order valence-corrected chi connectivity index (χ0v) is 17.5. The highest BCUT2D eigenvalue weighted by Gasteiger charge is 2.19. The average molecular weight is 413 g/mol. The van der Waals surface area contributed by atoms with E-state index in [1.807, 2.05) is 0 Å². The molecule has 2 aromatic carbocycles. The molecule has 3 rings (SSSR count). The summed E-state index contributed by atoms with van der Waals surface area (Å²) in [5, 5.41) is 4.01. The van der Waals surface area contributed by atoms with E-state index in [0.29, 0.717) is 39.9 Å². The summed E-state index contributed by atoms with van der Waals surface area (Å²) in [5.41, 5.74) is 1.07. The van der Waals surface area contributed by atoms with E-state index in [9.17, 15) is 4.79 Å². The minimum absolute atomic E-state index is 0.129. The second kappa shape index (κ2) is 9.17. The maximum Gasteiger partial charge on any atom is 0.254 e. The maximum absolute atomic E-state index is 12.8. The summed E-state index contributed by atoms with van der Waals surface area (Å²) in [6.07, 6.45) is 0. The van der Waals surface area contributed by atoms with Crippen molar-refractivity contribution in [1.82, 2.24) is 15.0 Å². The lowest BCUT2D eigenvalue weighted by molar-refractivity contribution is 0.0769. The van der Waals surface area contributed by atoms with E-state index in [4.69, 9.17) is 23.5 Å². The molecular weight excluding hydrogens is 390 g/mol. The fraction of sp³-hybridized carbons (Fsp3) is 0.286. The highest BCUT2D eigenvalue weighted by atomic mass is 16.5. The predicted molar refractivity (Wildman–Crippen MR) is 108 cm³/mol. The molecule has 9 nitrogen and oxygen atoms in total. The van der Waals surface area contributed by atoms with Gasteiger partial charge < -0.3 is 28.4 Å². The number of amides is 1. The molecule has 0 fully saturated rings. The van der Waals surface area contributed by atoms with Gasteiger partial charge in [-0.15, -0.1) is 0 Å². The Bertz CT molecular complexity index is 1010. The molecule has 0 unspecified atom stereocenters. The molecule has 0 aliphatic heterocycles. The van der Waals surface area contributed by atoms with Crippen LogP contribution in [0.4, 0.5) is 0 Å². The number of nitrogens with zero attached hydrogens (tertiary/aromatic N) is 3. The van der Waals surface area contributed by atoms with Gasteiger partial charge in [0.2, 0.25) is 11.7 Å². The third-order valence-electron chi connectivity index (χ3n) is 4.44. The van der Waals surface area contributed by atoms with Gasteiger partial charge in [0.05, 0.1) is 40.5 Å². The predicted octanol–water partition coefficient (Wildman–Crippen LogP) is 3.04. The van der Waals surface area contributed by atoms with Gasteiger partial charge in [-0.25, -0.2) is 0 Å². The highest BCUT2D eigenvalue weighted by molar-refractivity contribution is 5.94. The van der Waals surface area contributed by atoms with Crippen LogP contribution in [0.3, 0.4) is 0 Å². The van der Waals surface area contributed by atoms with Crippen molar-refractivity contribution in [3.63, 3.8) is 0 Å². The second-order valence-corrected chi connectivity index (χ2v) is 6.34. The molecule has 0 aliphatic rings. The summed E-state index contributed by atoms with van der Waals surface area (Å²) in [5.74, 6) is 2.65. The maximum atomic E-state index is 12.8. The van der Waals surface area contributed by atoms with E-state index in [1.165, 1.54) is 19.1 Å². The van der Waals surface area contributed by atoms with Crippen molar-refractivity contribution in [3.8, 4) is 34.4 Å². The quantitative estimate of drug-likeness (QED) is 0.556. The molecule has 9 heteroatoms. The molecule has 0 N–H and O–H groups in total. The van der Waals surface area contributed by atoms with Crippen LogP contribution in [0, 0.1) is 0 Å². The number of aromatic nitrogens is 2. The number of methoxy groups -OCH3 is 4. The molecule has 0 aliphatic carbocycles. The van der Waals surface area contributed by atoms with Crippen LogP contribution in [0.2, 0.25) is 0 Å². The zero-order valence-electron chi connectivity index (χ0n) is 17.5. The Kier molecular flexibility index (Phi) is 6.41. The average Bonchev–Trinajstić information content (AvgIpc) is 3.25. The van der Waals surface area contributed by atoms with E-state index >= 15 is 0 Å². The van der Waals surface area contributed by atoms with Crippen LogP contribution < -0.4 is 18.9 Å². The van der Waals surface area contributed by atoms with Gasteiger partial charge in [-0.05, 0) is 24.3 Å². The Morgan fingerprint density at radius 3 is 2.20 bits per heavy atom. The first-order chi connectivity index (χ1) is 14.5. The number of carbonyl (C=O) groups is 1. The number of rotatable bonds is 8. The Labute approximate surface area is 174 Å². The van der Waals surface area contributed by atoms with Gasteiger partial charge in [0, 0.05) is 24.7 Å². The molecule has 3 aromatic rings. The number of hydrogen-bond acceptors (Lipinski definition) is 8. The summed E-state index contributed by atoms with van der Waals surface area (Å²) in [7, 11) is 7.83. The van der Waals surface area contributed by atoms with E-state index in [0.717, 1.165) is 0 Å². The molecule has 0 saturated heterocycles. The summed E-state index contributed by atoms with van der Waals surface area (Å²) in [6.45, 7) is 0.129. The van der Waals surface area contributed by atoms with Crippen molar-refractivity contribution in [2.24, 2.45) is 0 Å². The van der Waals surface area contributed by atoms with Gasteiger partial charge in [0.1, 0.15) is 23.0 Å². The van der Waals surface area contributed by atoms with Crippen molar-refractivity contribution in [1.29, 1.82) is 0 Å². The Balaban J connectivity index is 1.78. The van der Waals surface area contributed by atoms with Crippen molar-refractivity contribution in [2.75, 3.05) is 35.5 Å². The van der Waals surface area contributed by atoms with Gasteiger partial charge in [0.25, 0.3) is 5.91 Å². The van der Waals surface area contributed by atoms with Crippen LogP contribution in [0.5, 0.6) is 23.0 Å². The third-order valence-corrected chi connectivity index (χ3v) is 4.44. The van der Waals surface area contributed by atoms with Crippen molar-refractivity contribution in [2.45, 2.75) is 6.54 Å². The molecule has 0 radical (unpaired) electrons. The van der Waals surface area contributed by atoms with E-state index in [2.05, 4.69) is 10.1 Å². The van der Waals surface area contributed by atoms with Crippen LogP contribution in [0.15, 0.2) is 40.9 Å². The standard InChI is InChI=1S/C21H23N3O6/c1-24(21(25)13-8-15(27-3)10-16(9-13)28-4)12-19-22-20(23-30-19)17-7-6-14(26-2)11-18(17)29-5/h6-11H,12H2,1-5H3. The van der Waals surface area contributed by atoms with Crippen LogP contribution in [0.25, 0.3) is 11.4 Å². The molecule has 1 aromatic heterocycles. The monoisotopic (exact) mass is 413 g/mol. The number of hydrogen-bond donors (Lipinski definition) is 0. The summed E-state index contributed by atoms with van der Waals surface area (Å²) >= 11 is 0. The molecule has 0 atom stereocenters. The number of benzene rings is 2. The normalized spacial score (nSPS) is 10.4. The van der Waals surface area contributed by atoms with E-state index < -0.39 is 0 Å². The fourth-order valence-corrected chi connectivity index (χ4v) is 2.84. The lowest BCUT2D eigenvalue weighted by atomic mass is 10.1. The Morgan fingerprint density at radius 1 is 0.933 bits per heavy atom. The van der Waals surface area contributed by atoms with Gasteiger partial charge in [-0.2, -0.15) is 4.98 Å². The molecule has 0 bridgehead atoms. The fourth-order valence-electron chi connectivity index (χ4n) is 2.84. The minimum Gasteiger partial charge on any atom is -0.497 e. The van der Waals surface area contributed by atoms with Crippen LogP contribution in [-0.2, 0) is 6.54 Å². The smallest absolute Gasteiger partial charge is 0.254 e. The Morgan fingerprint density at radius 2 is 1.60 bits per heavy atom. The first-order valence-electron chi connectivity index (χ1n) is 9.02. The van der Waals surface area contributed by atoms with Crippen LogP contribution in [0.1, 0.15) is 16.2 Å². The largest absolute Gasteiger partial charge is 0.497 e. The molecule has 0 saturated carbocycles. The van der Waals surface area contributed by atoms with Gasteiger partial charge in [0.15, 0.2) is 0 Å². The molecule has 30 heavy (non-hydrogen) atoms. The highest BCUT2D eigenvalue weighted by Crippen LogP contribution is 2.31. The summed E-state index contributed by atoms with van der Waals surface area (Å²) in [6, 6.07) is 10.3. The first-order valence-corrected chi connectivity index (χ1v) is 9.02. The lowest BCUT2D eigenvalue weighted by Gasteiger charge is -2.16. The van der Waals surface area contributed by atoms with E-state index in [-0.39, 0.29) is 18.3 Å².